The van der Waals surface area contributed by atoms with E-state index in [1.807, 2.05) is 20.8 Å². The molecule has 0 heterocycles. The second-order valence-corrected chi connectivity index (χ2v) is 3.28. The normalized spacial score (nSPS) is 13.3. The fourth-order valence-electron chi connectivity index (χ4n) is 0.983. The molecule has 0 atom stereocenters. The first-order valence-corrected chi connectivity index (χ1v) is 5.27. The van der Waals surface area contributed by atoms with Gasteiger partial charge in [0.25, 0.3) is 0 Å². The summed E-state index contributed by atoms with van der Waals surface area (Å²) in [6.07, 6.45) is 13.5. The van der Waals surface area contributed by atoms with E-state index < -0.39 is 0 Å². The Balaban J connectivity index is 4.21. The van der Waals surface area contributed by atoms with Gasteiger partial charge in [0.15, 0.2) is 0 Å². The molecule has 0 fully saturated rings. The monoisotopic (exact) mass is 200 g/mol. The van der Waals surface area contributed by atoms with Gasteiger partial charge in [-0.05, 0) is 39.7 Å². The Morgan fingerprint density at radius 3 is 2.47 bits per heavy atom. The molecule has 0 aliphatic heterocycles. The van der Waals surface area contributed by atoms with E-state index in [4.69, 9.17) is 0 Å². The minimum atomic E-state index is 0.997. The van der Waals surface area contributed by atoms with Gasteiger partial charge in [0, 0.05) is 5.57 Å². The summed E-state index contributed by atoms with van der Waals surface area (Å²) in [6, 6.07) is 0. The molecule has 0 N–H and O–H groups in total. The van der Waals surface area contributed by atoms with Crippen LogP contribution in [0.2, 0.25) is 0 Å². The van der Waals surface area contributed by atoms with Gasteiger partial charge in [0.2, 0.25) is 0 Å². The lowest BCUT2D eigenvalue weighted by Gasteiger charge is -1.92. The maximum Gasteiger partial charge on any atom is 0.00183 e. The predicted octanol–water partition coefficient (Wildman–Crippen LogP) is 4.42. The van der Waals surface area contributed by atoms with Crippen molar-refractivity contribution in [2.75, 3.05) is 0 Å². The standard InChI is InChI=1S/C15H20/c1-5-7-8-9-10-11-13-15(4)14(3)12-6-2/h5,7,9-11,13H,8H2,1-4H3/b7-5+,10-9+,13-11+,15-14+. The number of hydrogen-bond donors (Lipinski definition) is 0. The molecule has 0 amide bonds. The highest BCUT2D eigenvalue weighted by atomic mass is 13.9. The summed E-state index contributed by atoms with van der Waals surface area (Å²) in [5.41, 5.74) is 2.36. The van der Waals surface area contributed by atoms with E-state index in [0.717, 1.165) is 12.0 Å². The van der Waals surface area contributed by atoms with Crippen molar-refractivity contribution in [3.63, 3.8) is 0 Å². The van der Waals surface area contributed by atoms with E-state index >= 15 is 0 Å². The molecular weight excluding hydrogens is 180 g/mol. The first-order chi connectivity index (χ1) is 7.22. The summed E-state index contributed by atoms with van der Waals surface area (Å²) >= 11 is 0. The maximum atomic E-state index is 3.05. The molecule has 0 unspecified atom stereocenters. The molecule has 0 aliphatic rings. The Hall–Kier alpha value is -1.48. The minimum Gasteiger partial charge on any atom is -0.102 e. The summed E-state index contributed by atoms with van der Waals surface area (Å²) in [4.78, 5) is 0. The first-order valence-electron chi connectivity index (χ1n) is 5.27. The van der Waals surface area contributed by atoms with Crippen LogP contribution in [-0.4, -0.2) is 0 Å². The van der Waals surface area contributed by atoms with Crippen LogP contribution in [0, 0.1) is 11.8 Å². The predicted molar refractivity (Wildman–Crippen MR) is 69.5 cm³/mol. The molecule has 0 aromatic heterocycles. The lowest BCUT2D eigenvalue weighted by Crippen LogP contribution is -1.75. The lowest BCUT2D eigenvalue weighted by atomic mass is 10.1. The zero-order valence-electron chi connectivity index (χ0n) is 10.2. The largest absolute Gasteiger partial charge is 0.102 e. The average Bonchev–Trinajstić information content (AvgIpc) is 2.23. The Kier molecular flexibility index (Phi) is 8.19. The summed E-state index contributed by atoms with van der Waals surface area (Å²) in [7, 11) is 0. The first kappa shape index (κ1) is 13.5. The molecule has 0 radical (unpaired) electrons. The van der Waals surface area contributed by atoms with Crippen molar-refractivity contribution in [1.82, 2.24) is 0 Å². The Morgan fingerprint density at radius 1 is 1.13 bits per heavy atom. The third-order valence-electron chi connectivity index (χ3n) is 2.01. The molecule has 0 saturated heterocycles. The summed E-state index contributed by atoms with van der Waals surface area (Å²) in [5.74, 6) is 5.95. The van der Waals surface area contributed by atoms with Gasteiger partial charge in [-0.1, -0.05) is 42.4 Å². The lowest BCUT2D eigenvalue weighted by molar-refractivity contribution is 1.37. The van der Waals surface area contributed by atoms with Crippen LogP contribution >= 0.6 is 0 Å². The highest BCUT2D eigenvalue weighted by Crippen LogP contribution is 2.03. The Bertz CT molecular complexity index is 338. The van der Waals surface area contributed by atoms with Crippen molar-refractivity contribution >= 4 is 0 Å². The Labute approximate surface area is 94.1 Å². The van der Waals surface area contributed by atoms with Crippen LogP contribution in [0.3, 0.4) is 0 Å². The highest BCUT2D eigenvalue weighted by molar-refractivity contribution is 5.36. The second kappa shape index (κ2) is 9.09. The number of allylic oxidation sites excluding steroid dienone is 8. The summed E-state index contributed by atoms with van der Waals surface area (Å²) in [6.45, 7) is 8.01. The van der Waals surface area contributed by atoms with E-state index in [1.165, 1.54) is 5.57 Å². The van der Waals surface area contributed by atoms with Gasteiger partial charge in [0.1, 0.15) is 0 Å². The van der Waals surface area contributed by atoms with Gasteiger partial charge in [0.05, 0.1) is 0 Å². The topological polar surface area (TPSA) is 0 Å². The third-order valence-corrected chi connectivity index (χ3v) is 2.01. The summed E-state index contributed by atoms with van der Waals surface area (Å²) < 4.78 is 0. The zero-order valence-corrected chi connectivity index (χ0v) is 10.2. The molecule has 0 bridgehead atoms. The molecule has 0 rings (SSSR count). The SMILES string of the molecule is CC#C/C(C)=C(C)/C=C/C=C/C/C=C/C. The van der Waals surface area contributed by atoms with Crippen LogP contribution in [0.25, 0.3) is 0 Å². The van der Waals surface area contributed by atoms with Crippen molar-refractivity contribution in [3.8, 4) is 11.8 Å². The van der Waals surface area contributed by atoms with Gasteiger partial charge < -0.3 is 0 Å². The van der Waals surface area contributed by atoms with Crippen LogP contribution in [0.15, 0.2) is 47.6 Å². The third kappa shape index (κ3) is 7.58. The van der Waals surface area contributed by atoms with Gasteiger partial charge in [-0.15, -0.1) is 5.92 Å². The molecule has 0 saturated carbocycles. The average molecular weight is 200 g/mol. The van der Waals surface area contributed by atoms with E-state index in [1.54, 1.807) is 0 Å². The van der Waals surface area contributed by atoms with Gasteiger partial charge in [-0.25, -0.2) is 0 Å². The molecule has 80 valence electrons. The zero-order chi connectivity index (χ0) is 11.5. The van der Waals surface area contributed by atoms with Crippen LogP contribution in [0.1, 0.15) is 34.1 Å². The second-order valence-electron chi connectivity index (χ2n) is 3.28. The van der Waals surface area contributed by atoms with Crippen molar-refractivity contribution in [2.24, 2.45) is 0 Å². The van der Waals surface area contributed by atoms with E-state index in [9.17, 15) is 0 Å². The van der Waals surface area contributed by atoms with Crippen LogP contribution < -0.4 is 0 Å². The molecule has 15 heavy (non-hydrogen) atoms. The number of rotatable bonds is 4. The van der Waals surface area contributed by atoms with E-state index in [-0.39, 0.29) is 0 Å². The Morgan fingerprint density at radius 2 is 1.87 bits per heavy atom. The molecule has 0 aromatic carbocycles. The van der Waals surface area contributed by atoms with Crippen LogP contribution in [0.5, 0.6) is 0 Å². The fourth-order valence-corrected chi connectivity index (χ4v) is 0.983. The smallest absolute Gasteiger partial charge is 0.00183 e. The molecule has 0 aromatic rings. The molecule has 0 aliphatic carbocycles. The van der Waals surface area contributed by atoms with Crippen LogP contribution in [0.4, 0.5) is 0 Å². The molecule has 0 nitrogen and oxygen atoms in total. The molecular formula is C15H20. The summed E-state index contributed by atoms with van der Waals surface area (Å²) in [5, 5.41) is 0. The minimum absolute atomic E-state index is 0.997. The quantitative estimate of drug-likeness (QED) is 0.358. The van der Waals surface area contributed by atoms with Crippen molar-refractivity contribution in [3.05, 3.63) is 47.6 Å². The van der Waals surface area contributed by atoms with Crippen molar-refractivity contribution < 1.29 is 0 Å². The van der Waals surface area contributed by atoms with Gasteiger partial charge in [-0.2, -0.15) is 0 Å². The maximum absolute atomic E-state index is 3.05. The van der Waals surface area contributed by atoms with Crippen molar-refractivity contribution in [2.45, 2.75) is 34.1 Å². The fraction of sp³-hybridized carbons (Fsp3) is 0.333. The van der Waals surface area contributed by atoms with Crippen molar-refractivity contribution in [1.29, 1.82) is 0 Å². The van der Waals surface area contributed by atoms with E-state index in [0.29, 0.717) is 0 Å². The van der Waals surface area contributed by atoms with E-state index in [2.05, 4.69) is 55.2 Å². The molecule has 0 spiro atoms. The van der Waals surface area contributed by atoms with Crippen LogP contribution in [-0.2, 0) is 0 Å². The highest BCUT2D eigenvalue weighted by Gasteiger charge is 1.86. The molecule has 0 heteroatoms. The number of hydrogen-bond acceptors (Lipinski definition) is 0. The van der Waals surface area contributed by atoms with Gasteiger partial charge in [-0.3, -0.25) is 0 Å². The van der Waals surface area contributed by atoms with Gasteiger partial charge >= 0.3 is 0 Å².